The van der Waals surface area contributed by atoms with E-state index in [-0.39, 0.29) is 10.7 Å². The minimum absolute atomic E-state index is 0.204. The fourth-order valence-electron chi connectivity index (χ4n) is 2.18. The third kappa shape index (κ3) is 2.42. The fourth-order valence-corrected chi connectivity index (χ4v) is 2.82. The number of aromatic nitrogens is 2. The summed E-state index contributed by atoms with van der Waals surface area (Å²) in [5.41, 5.74) is 2.06. The van der Waals surface area contributed by atoms with Crippen molar-refractivity contribution in [1.29, 1.82) is 0 Å². The summed E-state index contributed by atoms with van der Waals surface area (Å²) < 4.78 is 37.2. The molecule has 1 aromatic heterocycles. The molecule has 0 saturated carbocycles. The number of halogens is 1. The van der Waals surface area contributed by atoms with E-state index >= 15 is 0 Å². The van der Waals surface area contributed by atoms with Crippen LogP contribution in [0.4, 0.5) is 4.39 Å². The van der Waals surface area contributed by atoms with Gasteiger partial charge in [0, 0.05) is 6.26 Å². The molecule has 3 rings (SSSR count). The zero-order chi connectivity index (χ0) is 15.2. The lowest BCUT2D eigenvalue weighted by atomic mass is 10.1. The lowest BCUT2D eigenvalue weighted by molar-refractivity contribution is 0.602. The van der Waals surface area contributed by atoms with Gasteiger partial charge in [-0.15, -0.1) is 0 Å². The van der Waals surface area contributed by atoms with Crippen LogP contribution >= 0.6 is 0 Å². The van der Waals surface area contributed by atoms with E-state index in [1.165, 1.54) is 12.1 Å². The first-order chi connectivity index (χ1) is 9.86. The first-order valence-electron chi connectivity index (χ1n) is 6.31. The molecule has 0 radical (unpaired) electrons. The Morgan fingerprint density at radius 2 is 1.95 bits per heavy atom. The van der Waals surface area contributed by atoms with Crippen molar-refractivity contribution in [3.8, 4) is 11.4 Å². The second-order valence-electron chi connectivity index (χ2n) is 4.97. The van der Waals surface area contributed by atoms with Crippen LogP contribution in [0, 0.1) is 12.7 Å². The van der Waals surface area contributed by atoms with Crippen LogP contribution in [0.5, 0.6) is 0 Å². The Balaban J connectivity index is 2.20. The smallest absolute Gasteiger partial charge is 0.175 e. The molecule has 0 atom stereocenters. The van der Waals surface area contributed by atoms with E-state index in [0.717, 1.165) is 6.26 Å². The lowest BCUT2D eigenvalue weighted by Gasteiger charge is -2.01. The SMILES string of the molecule is Cc1cccc(-c2nc3ccc(S(C)(=O)=O)cc3[nH]2)c1F. The second-order valence-corrected chi connectivity index (χ2v) is 6.99. The van der Waals surface area contributed by atoms with Gasteiger partial charge in [-0.1, -0.05) is 12.1 Å². The molecule has 0 unspecified atom stereocenters. The van der Waals surface area contributed by atoms with Gasteiger partial charge < -0.3 is 4.98 Å². The van der Waals surface area contributed by atoms with E-state index in [0.29, 0.717) is 28.0 Å². The largest absolute Gasteiger partial charge is 0.338 e. The number of nitrogens with zero attached hydrogens (tertiary/aromatic N) is 1. The molecule has 0 spiro atoms. The molecule has 6 heteroatoms. The fraction of sp³-hybridized carbons (Fsp3) is 0.133. The van der Waals surface area contributed by atoms with Crippen molar-refractivity contribution in [2.45, 2.75) is 11.8 Å². The summed E-state index contributed by atoms with van der Waals surface area (Å²) in [5.74, 6) is 0.0525. The summed E-state index contributed by atoms with van der Waals surface area (Å²) in [5, 5.41) is 0. The first-order valence-corrected chi connectivity index (χ1v) is 8.21. The van der Waals surface area contributed by atoms with E-state index in [2.05, 4.69) is 9.97 Å². The highest BCUT2D eigenvalue weighted by Crippen LogP contribution is 2.26. The predicted molar refractivity (Wildman–Crippen MR) is 79.3 cm³/mol. The predicted octanol–water partition coefficient (Wildman–Crippen LogP) is 3.08. The Hall–Kier alpha value is -2.21. The van der Waals surface area contributed by atoms with Crippen molar-refractivity contribution >= 4 is 20.9 Å². The number of benzene rings is 2. The van der Waals surface area contributed by atoms with Gasteiger partial charge in [-0.25, -0.2) is 17.8 Å². The Bertz CT molecular complexity index is 945. The normalized spacial score (nSPS) is 12.0. The van der Waals surface area contributed by atoms with Crippen LogP contribution in [0.1, 0.15) is 5.56 Å². The first kappa shape index (κ1) is 13.8. The molecule has 0 bridgehead atoms. The summed E-state index contributed by atoms with van der Waals surface area (Å²) in [7, 11) is -3.29. The highest BCUT2D eigenvalue weighted by molar-refractivity contribution is 7.90. The number of nitrogens with one attached hydrogen (secondary N) is 1. The van der Waals surface area contributed by atoms with Crippen molar-refractivity contribution in [2.75, 3.05) is 6.26 Å². The summed E-state index contributed by atoms with van der Waals surface area (Å²) in [6.07, 6.45) is 1.14. The molecular weight excluding hydrogens is 291 g/mol. The maximum Gasteiger partial charge on any atom is 0.175 e. The number of aromatic amines is 1. The van der Waals surface area contributed by atoms with Crippen molar-refractivity contribution in [2.24, 2.45) is 0 Å². The summed E-state index contributed by atoms with van der Waals surface area (Å²) in [4.78, 5) is 7.50. The monoisotopic (exact) mass is 304 g/mol. The van der Waals surface area contributed by atoms with Crippen LogP contribution in [-0.2, 0) is 9.84 Å². The van der Waals surface area contributed by atoms with E-state index in [1.54, 1.807) is 31.2 Å². The van der Waals surface area contributed by atoms with E-state index in [9.17, 15) is 12.8 Å². The maximum absolute atomic E-state index is 14.1. The molecule has 1 N–H and O–H groups in total. The van der Waals surface area contributed by atoms with Gasteiger partial charge in [0.1, 0.15) is 11.6 Å². The Kier molecular flexibility index (Phi) is 3.06. The number of hydrogen-bond donors (Lipinski definition) is 1. The molecule has 1 heterocycles. The molecule has 21 heavy (non-hydrogen) atoms. The van der Waals surface area contributed by atoms with Gasteiger partial charge in [-0.05, 0) is 36.8 Å². The van der Waals surface area contributed by atoms with Crippen molar-refractivity contribution in [1.82, 2.24) is 9.97 Å². The van der Waals surface area contributed by atoms with Crippen molar-refractivity contribution in [3.63, 3.8) is 0 Å². The van der Waals surface area contributed by atoms with Crippen molar-refractivity contribution in [3.05, 3.63) is 47.8 Å². The third-order valence-corrected chi connectivity index (χ3v) is 4.44. The molecule has 0 aliphatic rings. The highest BCUT2D eigenvalue weighted by atomic mass is 32.2. The average Bonchev–Trinajstić information content (AvgIpc) is 2.83. The number of aryl methyl sites for hydroxylation is 1. The molecule has 0 saturated heterocycles. The standard InChI is InChI=1S/C15H13FN2O2S/c1-9-4-3-5-11(14(9)16)15-17-12-7-6-10(21(2,19)20)8-13(12)18-15/h3-8H,1-2H3,(H,17,18). The molecule has 4 nitrogen and oxygen atoms in total. The Morgan fingerprint density at radius 3 is 2.67 bits per heavy atom. The molecule has 0 aliphatic heterocycles. The molecule has 0 aliphatic carbocycles. The number of H-pyrrole nitrogens is 1. The summed E-state index contributed by atoms with van der Waals surface area (Å²) >= 11 is 0. The number of fused-ring (bicyclic) bond motifs is 1. The number of rotatable bonds is 2. The average molecular weight is 304 g/mol. The molecule has 2 aromatic carbocycles. The lowest BCUT2D eigenvalue weighted by Crippen LogP contribution is -1.96. The Labute approximate surface area is 121 Å². The van der Waals surface area contributed by atoms with Crippen LogP contribution in [0.3, 0.4) is 0 Å². The summed E-state index contributed by atoms with van der Waals surface area (Å²) in [6.45, 7) is 1.68. The topological polar surface area (TPSA) is 62.8 Å². The summed E-state index contributed by atoms with van der Waals surface area (Å²) in [6, 6.07) is 9.69. The van der Waals surface area contributed by atoms with Crippen LogP contribution in [0.15, 0.2) is 41.3 Å². The van der Waals surface area contributed by atoms with Gasteiger partial charge in [-0.3, -0.25) is 0 Å². The molecule has 108 valence electrons. The van der Waals surface area contributed by atoms with Gasteiger partial charge in [-0.2, -0.15) is 0 Å². The van der Waals surface area contributed by atoms with Gasteiger partial charge in [0.15, 0.2) is 9.84 Å². The molecular formula is C15H13FN2O2S. The molecule has 3 aromatic rings. The van der Waals surface area contributed by atoms with Crippen LogP contribution in [0.2, 0.25) is 0 Å². The maximum atomic E-state index is 14.1. The van der Waals surface area contributed by atoms with Crippen molar-refractivity contribution < 1.29 is 12.8 Å². The molecule has 0 amide bonds. The number of hydrogen-bond acceptors (Lipinski definition) is 3. The molecule has 0 fully saturated rings. The second kappa shape index (κ2) is 4.66. The van der Waals surface area contributed by atoms with Gasteiger partial charge in [0.2, 0.25) is 0 Å². The van der Waals surface area contributed by atoms with E-state index in [1.807, 2.05) is 0 Å². The van der Waals surface area contributed by atoms with E-state index in [4.69, 9.17) is 0 Å². The van der Waals surface area contributed by atoms with Crippen LogP contribution < -0.4 is 0 Å². The zero-order valence-electron chi connectivity index (χ0n) is 11.5. The number of sulfone groups is 1. The van der Waals surface area contributed by atoms with Gasteiger partial charge in [0.05, 0.1) is 21.5 Å². The minimum Gasteiger partial charge on any atom is -0.338 e. The number of imidazole rings is 1. The van der Waals surface area contributed by atoms with Gasteiger partial charge >= 0.3 is 0 Å². The quantitative estimate of drug-likeness (QED) is 0.791. The van der Waals surface area contributed by atoms with E-state index < -0.39 is 9.84 Å². The minimum atomic E-state index is -3.29. The Morgan fingerprint density at radius 1 is 1.19 bits per heavy atom. The highest BCUT2D eigenvalue weighted by Gasteiger charge is 2.13. The third-order valence-electron chi connectivity index (χ3n) is 3.33. The zero-order valence-corrected chi connectivity index (χ0v) is 12.3. The van der Waals surface area contributed by atoms with Gasteiger partial charge in [0.25, 0.3) is 0 Å². The van der Waals surface area contributed by atoms with Crippen LogP contribution in [0.25, 0.3) is 22.4 Å². The van der Waals surface area contributed by atoms with Crippen LogP contribution in [-0.4, -0.2) is 24.6 Å².